The Labute approximate surface area is 153 Å². The first-order chi connectivity index (χ1) is 12.7. The lowest BCUT2D eigenvalue weighted by Gasteiger charge is -2.26. The highest BCUT2D eigenvalue weighted by Crippen LogP contribution is 2.32. The second-order valence-corrected chi connectivity index (χ2v) is 7.00. The third-order valence-electron chi connectivity index (χ3n) is 5.15. The van der Waals surface area contributed by atoms with E-state index in [0.29, 0.717) is 30.6 Å². The number of aryl methyl sites for hydroxylation is 2. The zero-order valence-corrected chi connectivity index (χ0v) is 15.1. The molecule has 0 unspecified atom stereocenters. The zero-order chi connectivity index (χ0) is 17.9. The van der Waals surface area contributed by atoms with Gasteiger partial charge in [0.25, 0.3) is 5.91 Å². The van der Waals surface area contributed by atoms with Crippen molar-refractivity contribution in [2.75, 3.05) is 19.8 Å². The number of likely N-dealkylation sites (tertiary alicyclic amines) is 1. The highest BCUT2D eigenvalue weighted by molar-refractivity contribution is 5.95. The van der Waals surface area contributed by atoms with Crippen molar-refractivity contribution in [3.8, 4) is 11.5 Å². The lowest BCUT2D eigenvalue weighted by atomic mass is 10.0. The summed E-state index contributed by atoms with van der Waals surface area (Å²) in [6.07, 6.45) is 5.95. The fraction of sp³-hybridized carbons (Fsp3) is 0.429. The predicted octanol–water partition coefficient (Wildman–Crippen LogP) is 3.40. The topological polar surface area (TPSA) is 51.7 Å². The number of carbonyl (C=O) groups excluding carboxylic acids is 1. The van der Waals surface area contributed by atoms with Crippen molar-refractivity contribution in [2.24, 2.45) is 0 Å². The Morgan fingerprint density at radius 2 is 2.04 bits per heavy atom. The minimum absolute atomic E-state index is 0.0929. The molecule has 2 aliphatic heterocycles. The van der Waals surface area contributed by atoms with Gasteiger partial charge in [-0.3, -0.25) is 9.78 Å². The molecule has 1 atom stereocenters. The van der Waals surface area contributed by atoms with Crippen LogP contribution in [0, 0.1) is 6.92 Å². The lowest BCUT2D eigenvalue weighted by molar-refractivity contribution is 0.0729. The van der Waals surface area contributed by atoms with Crippen LogP contribution < -0.4 is 9.47 Å². The smallest absolute Gasteiger partial charge is 0.254 e. The van der Waals surface area contributed by atoms with Crippen LogP contribution in [0.4, 0.5) is 0 Å². The van der Waals surface area contributed by atoms with Gasteiger partial charge in [0.15, 0.2) is 11.5 Å². The number of hydrogen-bond acceptors (Lipinski definition) is 4. The van der Waals surface area contributed by atoms with E-state index in [2.05, 4.69) is 17.1 Å². The largest absolute Gasteiger partial charge is 0.486 e. The average molecular weight is 352 g/mol. The highest BCUT2D eigenvalue weighted by Gasteiger charge is 2.29. The molecule has 3 heterocycles. The first-order valence-electron chi connectivity index (χ1n) is 9.33. The second-order valence-electron chi connectivity index (χ2n) is 7.00. The van der Waals surface area contributed by atoms with E-state index in [-0.39, 0.29) is 5.91 Å². The first-order valence-corrected chi connectivity index (χ1v) is 9.33. The Kier molecular flexibility index (Phi) is 4.78. The van der Waals surface area contributed by atoms with Crippen molar-refractivity contribution in [1.29, 1.82) is 0 Å². The van der Waals surface area contributed by atoms with E-state index < -0.39 is 0 Å². The SMILES string of the molecule is Cc1cc(CC[C@@H]2CCCN2C(=O)c2ccc3c(c2)OCCO3)ccn1. The number of fused-ring (bicyclic) bond motifs is 1. The molecule has 1 amide bonds. The minimum Gasteiger partial charge on any atom is -0.486 e. The lowest BCUT2D eigenvalue weighted by Crippen LogP contribution is -2.35. The Morgan fingerprint density at radius 3 is 2.88 bits per heavy atom. The molecule has 1 aromatic heterocycles. The third kappa shape index (κ3) is 3.52. The van der Waals surface area contributed by atoms with Gasteiger partial charge in [0.2, 0.25) is 0 Å². The van der Waals surface area contributed by atoms with Crippen molar-refractivity contribution >= 4 is 5.91 Å². The molecular weight excluding hydrogens is 328 g/mol. The Balaban J connectivity index is 1.45. The third-order valence-corrected chi connectivity index (χ3v) is 5.15. The molecule has 26 heavy (non-hydrogen) atoms. The molecule has 2 aromatic rings. The summed E-state index contributed by atoms with van der Waals surface area (Å²) in [5.41, 5.74) is 3.01. The summed E-state index contributed by atoms with van der Waals surface area (Å²) in [6.45, 7) is 3.93. The Morgan fingerprint density at radius 1 is 1.19 bits per heavy atom. The molecule has 4 rings (SSSR count). The summed E-state index contributed by atoms with van der Waals surface area (Å²) in [5.74, 6) is 1.49. The van der Waals surface area contributed by atoms with Gasteiger partial charge in [-0.2, -0.15) is 0 Å². The van der Waals surface area contributed by atoms with E-state index in [9.17, 15) is 4.79 Å². The van der Waals surface area contributed by atoms with Gasteiger partial charge in [-0.05, 0) is 68.5 Å². The van der Waals surface area contributed by atoms with Crippen molar-refractivity contribution in [3.05, 3.63) is 53.3 Å². The summed E-state index contributed by atoms with van der Waals surface area (Å²) in [5, 5.41) is 0. The zero-order valence-electron chi connectivity index (χ0n) is 15.1. The van der Waals surface area contributed by atoms with E-state index >= 15 is 0 Å². The van der Waals surface area contributed by atoms with Crippen LogP contribution in [0.25, 0.3) is 0 Å². The Bertz CT molecular complexity index is 806. The van der Waals surface area contributed by atoms with E-state index in [0.717, 1.165) is 43.7 Å². The van der Waals surface area contributed by atoms with Crippen LogP contribution in [-0.2, 0) is 6.42 Å². The molecule has 0 N–H and O–H groups in total. The average Bonchev–Trinajstić information content (AvgIpc) is 3.14. The molecule has 0 saturated carbocycles. The molecule has 1 saturated heterocycles. The summed E-state index contributed by atoms with van der Waals surface area (Å²) in [4.78, 5) is 19.3. The van der Waals surface area contributed by atoms with Crippen LogP contribution in [-0.4, -0.2) is 41.6 Å². The second kappa shape index (κ2) is 7.36. The number of pyridine rings is 1. The number of ether oxygens (including phenoxy) is 2. The van der Waals surface area contributed by atoms with Gasteiger partial charge in [0, 0.05) is 30.0 Å². The summed E-state index contributed by atoms with van der Waals surface area (Å²) in [6, 6.07) is 9.99. The normalized spacial score (nSPS) is 18.8. The van der Waals surface area contributed by atoms with Gasteiger partial charge >= 0.3 is 0 Å². The maximum absolute atomic E-state index is 13.0. The van der Waals surface area contributed by atoms with Gasteiger partial charge < -0.3 is 14.4 Å². The molecule has 5 heteroatoms. The standard InChI is InChI=1S/C21H24N2O3/c1-15-13-16(8-9-22-15)4-6-18-3-2-10-23(18)21(24)17-5-7-19-20(14-17)26-12-11-25-19/h5,7-9,13-14,18H,2-4,6,10-12H2,1H3/t18-/m0/s1. The van der Waals surface area contributed by atoms with Gasteiger partial charge in [-0.1, -0.05) is 0 Å². The fourth-order valence-electron chi connectivity index (χ4n) is 3.84. The molecule has 0 spiro atoms. The number of rotatable bonds is 4. The maximum atomic E-state index is 13.0. The minimum atomic E-state index is 0.0929. The van der Waals surface area contributed by atoms with Crippen LogP contribution in [0.1, 0.15) is 40.9 Å². The number of amides is 1. The number of hydrogen-bond donors (Lipinski definition) is 0. The van der Waals surface area contributed by atoms with Gasteiger partial charge in [0.05, 0.1) is 0 Å². The van der Waals surface area contributed by atoms with Crippen LogP contribution in [0.5, 0.6) is 11.5 Å². The van der Waals surface area contributed by atoms with Gasteiger partial charge in [-0.25, -0.2) is 0 Å². The number of aromatic nitrogens is 1. The Hall–Kier alpha value is -2.56. The van der Waals surface area contributed by atoms with Crippen molar-refractivity contribution in [2.45, 2.75) is 38.6 Å². The van der Waals surface area contributed by atoms with Gasteiger partial charge in [0.1, 0.15) is 13.2 Å². The molecule has 0 bridgehead atoms. The summed E-state index contributed by atoms with van der Waals surface area (Å²) >= 11 is 0. The van der Waals surface area contributed by atoms with Gasteiger partial charge in [-0.15, -0.1) is 0 Å². The first kappa shape index (κ1) is 16.9. The van der Waals surface area contributed by atoms with E-state index in [1.165, 1.54) is 5.56 Å². The summed E-state index contributed by atoms with van der Waals surface area (Å²) < 4.78 is 11.2. The molecule has 1 fully saturated rings. The van der Waals surface area contributed by atoms with Crippen LogP contribution in [0.3, 0.4) is 0 Å². The predicted molar refractivity (Wildman–Crippen MR) is 98.8 cm³/mol. The fourth-order valence-corrected chi connectivity index (χ4v) is 3.84. The van der Waals surface area contributed by atoms with E-state index in [1.807, 2.05) is 36.2 Å². The monoisotopic (exact) mass is 352 g/mol. The number of benzene rings is 1. The van der Waals surface area contributed by atoms with Crippen LogP contribution >= 0.6 is 0 Å². The van der Waals surface area contributed by atoms with E-state index in [1.54, 1.807) is 0 Å². The van der Waals surface area contributed by atoms with Crippen LogP contribution in [0.15, 0.2) is 36.5 Å². The molecule has 0 radical (unpaired) electrons. The quantitative estimate of drug-likeness (QED) is 0.846. The van der Waals surface area contributed by atoms with Crippen LogP contribution in [0.2, 0.25) is 0 Å². The van der Waals surface area contributed by atoms with E-state index in [4.69, 9.17) is 9.47 Å². The van der Waals surface area contributed by atoms with Crippen molar-refractivity contribution in [1.82, 2.24) is 9.88 Å². The highest BCUT2D eigenvalue weighted by atomic mass is 16.6. The number of carbonyl (C=O) groups is 1. The molecule has 5 nitrogen and oxygen atoms in total. The number of nitrogens with zero attached hydrogens (tertiary/aromatic N) is 2. The van der Waals surface area contributed by atoms with Crippen molar-refractivity contribution < 1.29 is 14.3 Å². The molecular formula is C21H24N2O3. The molecule has 136 valence electrons. The summed E-state index contributed by atoms with van der Waals surface area (Å²) in [7, 11) is 0. The molecule has 0 aliphatic carbocycles. The molecule has 1 aromatic carbocycles. The molecule has 2 aliphatic rings. The maximum Gasteiger partial charge on any atom is 0.254 e. The van der Waals surface area contributed by atoms with Crippen molar-refractivity contribution in [3.63, 3.8) is 0 Å².